The van der Waals surface area contributed by atoms with Crippen LogP contribution in [-0.2, 0) is 0 Å². The maximum atomic E-state index is 6.09. The number of rotatable bonds is 1. The Kier molecular flexibility index (Phi) is 3.11. The Balaban J connectivity index is 1.93. The van der Waals surface area contributed by atoms with Crippen LogP contribution in [0.1, 0.15) is 22.8 Å². The third-order valence-corrected chi connectivity index (χ3v) is 3.71. The van der Waals surface area contributed by atoms with Crippen LogP contribution in [0.4, 0.5) is 5.69 Å². The molecule has 0 bridgehead atoms. The summed E-state index contributed by atoms with van der Waals surface area (Å²) in [6.07, 6.45) is 0.0496. The minimum atomic E-state index is 0.0496. The maximum absolute atomic E-state index is 6.09. The van der Waals surface area contributed by atoms with Crippen molar-refractivity contribution >= 4 is 17.3 Å². The van der Waals surface area contributed by atoms with Crippen molar-refractivity contribution in [2.75, 3.05) is 11.9 Å². The van der Waals surface area contributed by atoms with E-state index in [2.05, 4.69) is 37.4 Å². The number of ether oxygens (including phenoxy) is 1. The highest BCUT2D eigenvalue weighted by Crippen LogP contribution is 2.36. The zero-order chi connectivity index (χ0) is 13.4. The van der Waals surface area contributed by atoms with E-state index in [4.69, 9.17) is 16.3 Å². The van der Waals surface area contributed by atoms with Gasteiger partial charge in [0, 0.05) is 5.02 Å². The van der Waals surface area contributed by atoms with E-state index >= 15 is 0 Å². The fraction of sp³-hybridized carbons (Fsp3) is 0.250. The summed E-state index contributed by atoms with van der Waals surface area (Å²) in [5, 5.41) is 4.11. The molecule has 1 N–H and O–H groups in total. The number of anilines is 1. The van der Waals surface area contributed by atoms with E-state index in [0.29, 0.717) is 0 Å². The third-order valence-electron chi connectivity index (χ3n) is 3.47. The molecule has 0 aliphatic carbocycles. The highest BCUT2D eigenvalue weighted by molar-refractivity contribution is 6.30. The number of benzene rings is 2. The summed E-state index contributed by atoms with van der Waals surface area (Å²) in [4.78, 5) is 0. The fourth-order valence-corrected chi connectivity index (χ4v) is 2.59. The van der Waals surface area contributed by atoms with Crippen molar-refractivity contribution in [3.05, 3.63) is 58.1 Å². The number of hydrogen-bond donors (Lipinski definition) is 1. The minimum Gasteiger partial charge on any atom is -0.482 e. The van der Waals surface area contributed by atoms with Crippen molar-refractivity contribution in [2.45, 2.75) is 20.0 Å². The molecular weight excluding hydrogens is 258 g/mol. The highest BCUT2D eigenvalue weighted by atomic mass is 35.5. The molecular formula is C16H16ClNO. The molecule has 2 aromatic rings. The van der Waals surface area contributed by atoms with Crippen molar-refractivity contribution in [3.63, 3.8) is 0 Å². The zero-order valence-electron chi connectivity index (χ0n) is 11.0. The van der Waals surface area contributed by atoms with E-state index in [1.54, 1.807) is 0 Å². The first-order valence-corrected chi connectivity index (χ1v) is 6.78. The lowest BCUT2D eigenvalue weighted by molar-refractivity contribution is 0.209. The first-order chi connectivity index (χ1) is 9.13. The Morgan fingerprint density at radius 2 is 2.00 bits per heavy atom. The maximum Gasteiger partial charge on any atom is 0.143 e. The van der Waals surface area contributed by atoms with Crippen LogP contribution in [0.2, 0.25) is 5.02 Å². The first-order valence-electron chi connectivity index (χ1n) is 6.41. The van der Waals surface area contributed by atoms with Crippen molar-refractivity contribution in [1.29, 1.82) is 0 Å². The van der Waals surface area contributed by atoms with Gasteiger partial charge in [-0.1, -0.05) is 35.4 Å². The Morgan fingerprint density at radius 3 is 2.84 bits per heavy atom. The van der Waals surface area contributed by atoms with Gasteiger partial charge in [0.15, 0.2) is 0 Å². The highest BCUT2D eigenvalue weighted by Gasteiger charge is 2.22. The summed E-state index contributed by atoms with van der Waals surface area (Å²) in [6, 6.07) is 12.1. The molecule has 3 heteroatoms. The van der Waals surface area contributed by atoms with Gasteiger partial charge in [0.05, 0.1) is 12.2 Å². The number of aryl methyl sites for hydroxylation is 2. The molecule has 1 aliphatic heterocycles. The summed E-state index contributed by atoms with van der Waals surface area (Å²) >= 11 is 5.98. The molecule has 1 aliphatic rings. The van der Waals surface area contributed by atoms with Crippen LogP contribution in [0, 0.1) is 13.8 Å². The summed E-state index contributed by atoms with van der Waals surface area (Å²) in [5.41, 5.74) is 4.73. The lowest BCUT2D eigenvalue weighted by Crippen LogP contribution is -2.24. The Bertz CT molecular complexity index is 624. The molecule has 19 heavy (non-hydrogen) atoms. The van der Waals surface area contributed by atoms with Gasteiger partial charge in [-0.2, -0.15) is 0 Å². The molecule has 0 saturated heterocycles. The molecule has 1 unspecified atom stereocenters. The lowest BCUT2D eigenvalue weighted by Gasteiger charge is -2.29. The fourth-order valence-electron chi connectivity index (χ4n) is 2.42. The minimum absolute atomic E-state index is 0.0496. The summed E-state index contributed by atoms with van der Waals surface area (Å²) in [5.74, 6) is 0.863. The predicted molar refractivity (Wildman–Crippen MR) is 79.2 cm³/mol. The van der Waals surface area contributed by atoms with Crippen LogP contribution >= 0.6 is 11.6 Å². The molecule has 98 valence electrons. The van der Waals surface area contributed by atoms with Gasteiger partial charge in [0.25, 0.3) is 0 Å². The third kappa shape index (κ3) is 2.41. The standard InChI is InChI=1S/C16H16ClNO/c1-10-3-4-11(2)13(7-10)16-9-18-14-8-12(17)5-6-15(14)19-16/h3-8,16,18H,9H2,1-2H3. The van der Waals surface area contributed by atoms with Crippen LogP contribution in [0.5, 0.6) is 5.75 Å². The average molecular weight is 274 g/mol. The van der Waals surface area contributed by atoms with Crippen molar-refractivity contribution in [3.8, 4) is 5.75 Å². The Labute approximate surface area is 118 Å². The van der Waals surface area contributed by atoms with Crippen molar-refractivity contribution < 1.29 is 4.74 Å². The summed E-state index contributed by atoms with van der Waals surface area (Å²) in [6.45, 7) is 4.99. The van der Waals surface area contributed by atoms with Gasteiger partial charge in [0.2, 0.25) is 0 Å². The smallest absolute Gasteiger partial charge is 0.143 e. The van der Waals surface area contributed by atoms with Gasteiger partial charge >= 0.3 is 0 Å². The number of halogens is 1. The quantitative estimate of drug-likeness (QED) is 0.826. The molecule has 0 amide bonds. The van der Waals surface area contributed by atoms with E-state index in [1.165, 1.54) is 16.7 Å². The van der Waals surface area contributed by atoms with Gasteiger partial charge in [-0.15, -0.1) is 0 Å². The molecule has 0 saturated carbocycles. The van der Waals surface area contributed by atoms with E-state index < -0.39 is 0 Å². The van der Waals surface area contributed by atoms with Crippen molar-refractivity contribution in [1.82, 2.24) is 0 Å². The van der Waals surface area contributed by atoms with Crippen LogP contribution in [0.25, 0.3) is 0 Å². The first kappa shape index (κ1) is 12.4. The second-order valence-electron chi connectivity index (χ2n) is 4.99. The van der Waals surface area contributed by atoms with Gasteiger partial charge < -0.3 is 10.1 Å². The molecule has 1 atom stereocenters. The average Bonchev–Trinajstić information content (AvgIpc) is 2.41. The molecule has 1 heterocycles. The van der Waals surface area contributed by atoms with Crippen LogP contribution in [0.15, 0.2) is 36.4 Å². The van der Waals surface area contributed by atoms with Crippen LogP contribution < -0.4 is 10.1 Å². The topological polar surface area (TPSA) is 21.3 Å². The van der Waals surface area contributed by atoms with Crippen molar-refractivity contribution in [2.24, 2.45) is 0 Å². The van der Waals surface area contributed by atoms with Gasteiger partial charge in [-0.25, -0.2) is 0 Å². The number of hydrogen-bond acceptors (Lipinski definition) is 2. The van der Waals surface area contributed by atoms with E-state index in [0.717, 1.165) is 23.0 Å². The van der Waals surface area contributed by atoms with E-state index in [-0.39, 0.29) is 6.10 Å². The SMILES string of the molecule is Cc1ccc(C)c(C2CNc3cc(Cl)ccc3O2)c1. The zero-order valence-corrected chi connectivity index (χ0v) is 11.8. The molecule has 3 rings (SSSR count). The normalized spacial score (nSPS) is 17.3. The molecule has 2 nitrogen and oxygen atoms in total. The molecule has 0 radical (unpaired) electrons. The molecule has 2 aromatic carbocycles. The van der Waals surface area contributed by atoms with E-state index in [9.17, 15) is 0 Å². The second kappa shape index (κ2) is 4.78. The largest absolute Gasteiger partial charge is 0.482 e. The van der Waals surface area contributed by atoms with E-state index in [1.807, 2.05) is 18.2 Å². The second-order valence-corrected chi connectivity index (χ2v) is 5.42. The van der Waals surface area contributed by atoms with Gasteiger partial charge in [-0.3, -0.25) is 0 Å². The molecule has 0 aromatic heterocycles. The van der Waals surface area contributed by atoms with Gasteiger partial charge in [-0.05, 0) is 43.2 Å². The molecule has 0 fully saturated rings. The lowest BCUT2D eigenvalue weighted by atomic mass is 9.99. The number of nitrogens with one attached hydrogen (secondary N) is 1. The van der Waals surface area contributed by atoms with Crippen LogP contribution in [0.3, 0.4) is 0 Å². The van der Waals surface area contributed by atoms with Gasteiger partial charge in [0.1, 0.15) is 11.9 Å². The van der Waals surface area contributed by atoms with Crippen LogP contribution in [-0.4, -0.2) is 6.54 Å². The monoisotopic (exact) mass is 273 g/mol. The summed E-state index contributed by atoms with van der Waals surface area (Å²) in [7, 11) is 0. The summed E-state index contributed by atoms with van der Waals surface area (Å²) < 4.78 is 6.09. The predicted octanol–water partition coefficient (Wildman–Crippen LogP) is 4.50. The Morgan fingerprint density at radius 1 is 1.16 bits per heavy atom. The Hall–Kier alpha value is -1.67. The molecule has 0 spiro atoms. The number of fused-ring (bicyclic) bond motifs is 1.